The van der Waals surface area contributed by atoms with Crippen LogP contribution in [0.3, 0.4) is 0 Å². The van der Waals surface area contributed by atoms with Crippen LogP contribution >= 0.6 is 0 Å². The van der Waals surface area contributed by atoms with Crippen molar-refractivity contribution in [1.82, 2.24) is 0 Å². The minimum absolute atomic E-state index is 0.839. The number of hydrogen-bond donors (Lipinski definition) is 0. The van der Waals surface area contributed by atoms with Gasteiger partial charge in [-0.2, -0.15) is 0 Å². The van der Waals surface area contributed by atoms with Gasteiger partial charge in [0.15, 0.2) is 0 Å². The third kappa shape index (κ3) is 1.74. The molecule has 0 N–H and O–H groups in total. The fraction of sp³-hybridized carbons (Fsp3) is 0.333. The summed E-state index contributed by atoms with van der Waals surface area (Å²) in [7, 11) is 0. The van der Waals surface area contributed by atoms with E-state index in [-0.39, 0.29) is 0 Å². The van der Waals surface area contributed by atoms with Crippen LogP contribution in [0.2, 0.25) is 0 Å². The highest BCUT2D eigenvalue weighted by Gasteiger charge is 2.07. The quantitative estimate of drug-likeness (QED) is 0.669. The van der Waals surface area contributed by atoms with Crippen molar-refractivity contribution in [3.05, 3.63) is 41.5 Å². The molecule has 1 heteroatoms. The summed E-state index contributed by atoms with van der Waals surface area (Å²) in [5, 5.41) is 0. The zero-order valence-corrected chi connectivity index (χ0v) is 7.92. The zero-order valence-electron chi connectivity index (χ0n) is 7.92. The van der Waals surface area contributed by atoms with Crippen LogP contribution < -0.4 is 0 Å². The molecule has 1 heterocycles. The Hall–Kier alpha value is -1.24. The average molecular weight is 174 g/mol. The lowest BCUT2D eigenvalue weighted by Crippen LogP contribution is -1.88. The lowest BCUT2D eigenvalue weighted by atomic mass is 10.1. The summed E-state index contributed by atoms with van der Waals surface area (Å²) < 4.78 is 5.50. The van der Waals surface area contributed by atoms with Gasteiger partial charge in [0, 0.05) is 12.0 Å². The van der Waals surface area contributed by atoms with Crippen molar-refractivity contribution in [2.24, 2.45) is 0 Å². The van der Waals surface area contributed by atoms with Gasteiger partial charge in [-0.1, -0.05) is 25.1 Å². The number of hydrogen-bond acceptors (Lipinski definition) is 1. The lowest BCUT2D eigenvalue weighted by Gasteiger charge is -2.05. The van der Waals surface area contributed by atoms with Gasteiger partial charge in [-0.05, 0) is 24.1 Å². The van der Waals surface area contributed by atoms with Gasteiger partial charge in [-0.3, -0.25) is 0 Å². The van der Waals surface area contributed by atoms with Gasteiger partial charge in [-0.25, -0.2) is 0 Å². The third-order valence-corrected chi connectivity index (χ3v) is 2.32. The van der Waals surface area contributed by atoms with Gasteiger partial charge in [0.1, 0.15) is 5.76 Å². The maximum absolute atomic E-state index is 5.50. The standard InChI is InChI=1S/C12H14O/c1-2-10-5-3-6-11(9-10)12-7-4-8-13-12/h3,5-7,9H,2,4,8H2,1H3. The van der Waals surface area contributed by atoms with E-state index in [2.05, 4.69) is 37.3 Å². The van der Waals surface area contributed by atoms with E-state index < -0.39 is 0 Å². The minimum Gasteiger partial charge on any atom is -0.493 e. The van der Waals surface area contributed by atoms with E-state index in [0.717, 1.165) is 25.2 Å². The predicted molar refractivity (Wildman–Crippen MR) is 54.4 cm³/mol. The van der Waals surface area contributed by atoms with Crippen LogP contribution in [-0.4, -0.2) is 6.61 Å². The molecule has 0 atom stereocenters. The minimum atomic E-state index is 0.839. The normalized spacial score (nSPS) is 15.3. The van der Waals surface area contributed by atoms with Crippen LogP contribution in [0.25, 0.3) is 5.76 Å². The smallest absolute Gasteiger partial charge is 0.122 e. The van der Waals surface area contributed by atoms with E-state index in [1.54, 1.807) is 0 Å². The lowest BCUT2D eigenvalue weighted by molar-refractivity contribution is 0.307. The molecule has 0 amide bonds. The molecule has 0 saturated carbocycles. The Kier molecular flexibility index (Phi) is 2.35. The molecule has 0 unspecified atom stereocenters. The topological polar surface area (TPSA) is 9.23 Å². The number of rotatable bonds is 2. The molecule has 2 rings (SSSR count). The molecule has 0 aliphatic carbocycles. The van der Waals surface area contributed by atoms with Crippen molar-refractivity contribution >= 4 is 5.76 Å². The summed E-state index contributed by atoms with van der Waals surface area (Å²) in [6.45, 7) is 3.01. The van der Waals surface area contributed by atoms with Crippen LogP contribution in [0.1, 0.15) is 24.5 Å². The van der Waals surface area contributed by atoms with Gasteiger partial charge in [0.25, 0.3) is 0 Å². The Bertz CT molecular complexity index is 326. The van der Waals surface area contributed by atoms with Gasteiger partial charge >= 0.3 is 0 Å². The van der Waals surface area contributed by atoms with Crippen molar-refractivity contribution in [1.29, 1.82) is 0 Å². The number of benzene rings is 1. The van der Waals surface area contributed by atoms with Crippen molar-refractivity contribution in [3.8, 4) is 0 Å². The first-order chi connectivity index (χ1) is 6.40. The summed E-state index contributed by atoms with van der Waals surface area (Å²) in [6, 6.07) is 8.56. The molecule has 0 spiro atoms. The molecular formula is C12H14O. The Morgan fingerprint density at radius 3 is 3.00 bits per heavy atom. The van der Waals surface area contributed by atoms with Crippen molar-refractivity contribution in [2.75, 3.05) is 6.61 Å². The largest absolute Gasteiger partial charge is 0.493 e. The van der Waals surface area contributed by atoms with Gasteiger partial charge in [-0.15, -0.1) is 0 Å². The maximum atomic E-state index is 5.50. The number of ether oxygens (including phenoxy) is 1. The second-order valence-electron chi connectivity index (χ2n) is 3.26. The summed E-state index contributed by atoms with van der Waals surface area (Å²) in [4.78, 5) is 0. The second kappa shape index (κ2) is 3.65. The van der Waals surface area contributed by atoms with Crippen LogP contribution in [0.4, 0.5) is 0 Å². The Balaban J connectivity index is 2.29. The average Bonchev–Trinajstić information content (AvgIpc) is 2.71. The molecule has 0 bridgehead atoms. The molecule has 0 aromatic heterocycles. The molecule has 1 aromatic carbocycles. The van der Waals surface area contributed by atoms with E-state index in [4.69, 9.17) is 4.74 Å². The molecule has 0 saturated heterocycles. The van der Waals surface area contributed by atoms with Gasteiger partial charge in [0.05, 0.1) is 6.61 Å². The fourth-order valence-corrected chi connectivity index (χ4v) is 1.56. The molecule has 68 valence electrons. The van der Waals surface area contributed by atoms with E-state index in [1.165, 1.54) is 11.1 Å². The number of aryl methyl sites for hydroxylation is 1. The zero-order chi connectivity index (χ0) is 9.10. The maximum Gasteiger partial charge on any atom is 0.122 e. The van der Waals surface area contributed by atoms with Crippen molar-refractivity contribution in [2.45, 2.75) is 19.8 Å². The van der Waals surface area contributed by atoms with Crippen LogP contribution in [0.15, 0.2) is 30.3 Å². The monoisotopic (exact) mass is 174 g/mol. The van der Waals surface area contributed by atoms with Crippen molar-refractivity contribution < 1.29 is 4.74 Å². The van der Waals surface area contributed by atoms with E-state index in [9.17, 15) is 0 Å². The van der Waals surface area contributed by atoms with Gasteiger partial charge < -0.3 is 4.74 Å². The Morgan fingerprint density at radius 1 is 1.38 bits per heavy atom. The molecule has 0 radical (unpaired) electrons. The molecule has 1 aliphatic heterocycles. The summed E-state index contributed by atoms with van der Waals surface area (Å²) in [6.07, 6.45) is 4.29. The summed E-state index contributed by atoms with van der Waals surface area (Å²) in [5.41, 5.74) is 2.59. The SMILES string of the molecule is CCc1cccc(C2=CCCO2)c1. The highest BCUT2D eigenvalue weighted by molar-refractivity contribution is 5.61. The van der Waals surface area contributed by atoms with Crippen LogP contribution in [-0.2, 0) is 11.2 Å². The highest BCUT2D eigenvalue weighted by Crippen LogP contribution is 2.22. The van der Waals surface area contributed by atoms with Gasteiger partial charge in [0.2, 0.25) is 0 Å². The first-order valence-corrected chi connectivity index (χ1v) is 4.82. The second-order valence-corrected chi connectivity index (χ2v) is 3.26. The van der Waals surface area contributed by atoms with Crippen molar-refractivity contribution in [3.63, 3.8) is 0 Å². The molecule has 1 nitrogen and oxygen atoms in total. The highest BCUT2D eigenvalue weighted by atomic mass is 16.5. The van der Waals surface area contributed by atoms with E-state index in [1.807, 2.05) is 0 Å². The summed E-state index contributed by atoms with van der Waals surface area (Å²) in [5.74, 6) is 1.05. The molecule has 1 aromatic rings. The fourth-order valence-electron chi connectivity index (χ4n) is 1.56. The first kappa shape index (κ1) is 8.36. The molecule has 13 heavy (non-hydrogen) atoms. The Labute approximate surface area is 79.0 Å². The van der Waals surface area contributed by atoms with Crippen LogP contribution in [0.5, 0.6) is 0 Å². The Morgan fingerprint density at radius 2 is 2.31 bits per heavy atom. The molecule has 0 fully saturated rings. The summed E-state index contributed by atoms with van der Waals surface area (Å²) >= 11 is 0. The first-order valence-electron chi connectivity index (χ1n) is 4.82. The molecule has 1 aliphatic rings. The van der Waals surface area contributed by atoms with Crippen LogP contribution in [0, 0.1) is 0 Å². The third-order valence-electron chi connectivity index (χ3n) is 2.32. The van der Waals surface area contributed by atoms with E-state index in [0.29, 0.717) is 0 Å². The molecular weight excluding hydrogens is 160 g/mol. The van der Waals surface area contributed by atoms with E-state index >= 15 is 0 Å². The predicted octanol–water partition coefficient (Wildman–Crippen LogP) is 3.01.